The third-order valence-corrected chi connectivity index (χ3v) is 5.88. The van der Waals surface area contributed by atoms with Gasteiger partial charge in [0.15, 0.2) is 22.0 Å². The fraction of sp³-hybridized carbons (Fsp3) is 0.346. The third-order valence-electron chi connectivity index (χ3n) is 5.69. The van der Waals surface area contributed by atoms with Crippen LogP contribution in [-0.2, 0) is 14.2 Å². The Labute approximate surface area is 217 Å². The van der Waals surface area contributed by atoms with Crippen LogP contribution in [0.4, 0.5) is 11.8 Å². The maximum atomic E-state index is 12.0. The first-order valence-electron chi connectivity index (χ1n) is 11.7. The summed E-state index contributed by atoms with van der Waals surface area (Å²) in [5, 5.41) is 0.124. The van der Waals surface area contributed by atoms with Gasteiger partial charge in [0.25, 0.3) is 0 Å². The van der Waals surface area contributed by atoms with Gasteiger partial charge in [-0.05, 0) is 23.7 Å². The summed E-state index contributed by atoms with van der Waals surface area (Å²) in [4.78, 5) is 38.7. The van der Waals surface area contributed by atoms with Crippen molar-refractivity contribution in [3.63, 3.8) is 0 Å². The third kappa shape index (κ3) is 7.22. The highest BCUT2D eigenvalue weighted by Crippen LogP contribution is 2.24. The molecule has 196 valence electrons. The van der Waals surface area contributed by atoms with Gasteiger partial charge >= 0.3 is 5.97 Å². The van der Waals surface area contributed by atoms with E-state index in [1.54, 1.807) is 24.3 Å². The van der Waals surface area contributed by atoms with E-state index in [-0.39, 0.29) is 16.1 Å². The van der Waals surface area contributed by atoms with Crippen LogP contribution >= 0.6 is 11.6 Å². The van der Waals surface area contributed by atoms with E-state index in [9.17, 15) is 14.4 Å². The molecule has 2 aliphatic rings. The standard InChI is InChI=1S/C17H17NO5.C9H10ClNO3/c1-21-17(20)13-4-2-3-12(9-13)15-10-14(19)11-16(23-15)18-5-7-22-8-6-18;10-8-5-7(12)6-9(14-8)11-1-3-13-4-2-11/h2-4,9-11H,5-8H2,1H3;5-6H,1-4H2. The Kier molecular flexibility index (Phi) is 8.99. The molecule has 0 atom stereocenters. The molecule has 11 heteroatoms. The molecule has 4 heterocycles. The first kappa shape index (κ1) is 26.5. The number of hydrogen-bond donors (Lipinski definition) is 0. The summed E-state index contributed by atoms with van der Waals surface area (Å²) in [6.07, 6.45) is 0. The molecule has 0 unspecified atom stereocenters. The van der Waals surface area contributed by atoms with Crippen molar-refractivity contribution in [1.29, 1.82) is 0 Å². The summed E-state index contributed by atoms with van der Waals surface area (Å²) in [6.45, 7) is 5.31. The van der Waals surface area contributed by atoms with Gasteiger partial charge in [-0.2, -0.15) is 0 Å². The van der Waals surface area contributed by atoms with Crippen LogP contribution in [0.3, 0.4) is 0 Å². The van der Waals surface area contributed by atoms with E-state index in [1.807, 2.05) is 9.80 Å². The van der Waals surface area contributed by atoms with E-state index in [0.29, 0.717) is 68.2 Å². The van der Waals surface area contributed by atoms with Crippen LogP contribution in [0.1, 0.15) is 10.4 Å². The maximum Gasteiger partial charge on any atom is 0.337 e. The van der Waals surface area contributed by atoms with E-state index in [4.69, 9.17) is 34.6 Å². The Morgan fingerprint density at radius 1 is 0.811 bits per heavy atom. The largest absolute Gasteiger partial charge is 0.465 e. The molecule has 10 nitrogen and oxygen atoms in total. The molecule has 2 aliphatic heterocycles. The smallest absolute Gasteiger partial charge is 0.337 e. The summed E-state index contributed by atoms with van der Waals surface area (Å²) >= 11 is 5.64. The van der Waals surface area contributed by atoms with Crippen LogP contribution in [0.2, 0.25) is 5.22 Å². The van der Waals surface area contributed by atoms with E-state index >= 15 is 0 Å². The molecule has 0 bridgehead atoms. The zero-order valence-corrected chi connectivity index (χ0v) is 21.1. The quantitative estimate of drug-likeness (QED) is 0.466. The topological polar surface area (TPSA) is 112 Å². The van der Waals surface area contributed by atoms with Crippen LogP contribution in [0, 0.1) is 0 Å². The van der Waals surface area contributed by atoms with Gasteiger partial charge in [-0.3, -0.25) is 9.59 Å². The van der Waals surface area contributed by atoms with Gasteiger partial charge in [-0.25, -0.2) is 4.79 Å². The lowest BCUT2D eigenvalue weighted by Crippen LogP contribution is -2.36. The van der Waals surface area contributed by atoms with Crippen molar-refractivity contribution in [3.8, 4) is 11.3 Å². The summed E-state index contributed by atoms with van der Waals surface area (Å²) in [6, 6.07) is 12.4. The number of esters is 1. The van der Waals surface area contributed by atoms with Crippen LogP contribution < -0.4 is 20.7 Å². The molecular formula is C26H27ClN2O8. The van der Waals surface area contributed by atoms with Gasteiger partial charge in [0.05, 0.1) is 39.1 Å². The molecule has 0 spiro atoms. The van der Waals surface area contributed by atoms with Crippen molar-refractivity contribution < 1.29 is 27.8 Å². The Balaban J connectivity index is 0.000000195. The Morgan fingerprint density at radius 3 is 1.95 bits per heavy atom. The van der Waals surface area contributed by atoms with Crippen molar-refractivity contribution in [1.82, 2.24) is 0 Å². The van der Waals surface area contributed by atoms with E-state index in [0.717, 1.165) is 13.1 Å². The Morgan fingerprint density at radius 2 is 1.38 bits per heavy atom. The first-order valence-corrected chi connectivity index (χ1v) is 12.1. The van der Waals surface area contributed by atoms with Crippen molar-refractivity contribution in [2.24, 2.45) is 0 Å². The van der Waals surface area contributed by atoms with Crippen molar-refractivity contribution in [3.05, 3.63) is 79.8 Å². The highest BCUT2D eigenvalue weighted by atomic mass is 35.5. The van der Waals surface area contributed by atoms with Crippen molar-refractivity contribution in [2.45, 2.75) is 0 Å². The van der Waals surface area contributed by atoms with Crippen molar-refractivity contribution in [2.75, 3.05) is 69.5 Å². The summed E-state index contributed by atoms with van der Waals surface area (Å²) in [5.41, 5.74) is 0.781. The summed E-state index contributed by atoms with van der Waals surface area (Å²) in [7, 11) is 1.33. The highest BCUT2D eigenvalue weighted by Gasteiger charge is 2.16. The van der Waals surface area contributed by atoms with Gasteiger partial charge < -0.3 is 32.8 Å². The lowest BCUT2D eigenvalue weighted by atomic mass is 10.1. The average molecular weight is 531 g/mol. The predicted molar refractivity (Wildman–Crippen MR) is 138 cm³/mol. The second-order valence-corrected chi connectivity index (χ2v) is 8.57. The minimum atomic E-state index is -0.432. The van der Waals surface area contributed by atoms with E-state index in [1.165, 1.54) is 31.4 Å². The van der Waals surface area contributed by atoms with E-state index < -0.39 is 5.97 Å². The second-order valence-electron chi connectivity index (χ2n) is 8.20. The number of halogens is 1. The molecule has 2 aromatic heterocycles. The van der Waals surface area contributed by atoms with Crippen LogP contribution in [0.5, 0.6) is 0 Å². The van der Waals surface area contributed by atoms with Crippen LogP contribution in [-0.4, -0.2) is 65.7 Å². The maximum absolute atomic E-state index is 12.0. The number of hydrogen-bond acceptors (Lipinski definition) is 10. The minimum Gasteiger partial charge on any atom is -0.465 e. The lowest BCUT2D eigenvalue weighted by molar-refractivity contribution is 0.0600. The second kappa shape index (κ2) is 12.6. The number of ether oxygens (including phenoxy) is 3. The Hall–Kier alpha value is -3.60. The molecule has 0 N–H and O–H groups in total. The first-order chi connectivity index (χ1) is 17.9. The van der Waals surface area contributed by atoms with Gasteiger partial charge in [0, 0.05) is 56.0 Å². The molecule has 2 fully saturated rings. The molecule has 1 aromatic carbocycles. The van der Waals surface area contributed by atoms with Gasteiger partial charge in [-0.1, -0.05) is 12.1 Å². The normalized spacial score (nSPS) is 15.5. The number of methoxy groups -OCH3 is 1. The predicted octanol–water partition coefficient (Wildman–Crippen LogP) is 3.06. The molecule has 2 saturated heterocycles. The van der Waals surface area contributed by atoms with E-state index in [2.05, 4.69) is 0 Å². The average Bonchev–Trinajstić information content (AvgIpc) is 2.93. The number of benzene rings is 1. The van der Waals surface area contributed by atoms with Crippen LogP contribution in [0.25, 0.3) is 11.3 Å². The highest BCUT2D eigenvalue weighted by molar-refractivity contribution is 6.28. The zero-order valence-electron chi connectivity index (χ0n) is 20.3. The lowest BCUT2D eigenvalue weighted by Gasteiger charge is -2.27. The summed E-state index contributed by atoms with van der Waals surface area (Å²) in [5.74, 6) is 1.02. The molecule has 0 radical (unpaired) electrons. The number of rotatable bonds is 4. The van der Waals surface area contributed by atoms with Gasteiger partial charge in [-0.15, -0.1) is 0 Å². The van der Waals surface area contributed by atoms with Gasteiger partial charge in [0.1, 0.15) is 5.76 Å². The fourth-order valence-electron chi connectivity index (χ4n) is 3.84. The van der Waals surface area contributed by atoms with Gasteiger partial charge in [0.2, 0.25) is 5.88 Å². The monoisotopic (exact) mass is 530 g/mol. The fourth-order valence-corrected chi connectivity index (χ4v) is 4.02. The van der Waals surface area contributed by atoms with Crippen LogP contribution in [0.15, 0.2) is 67.0 Å². The number of morpholine rings is 2. The van der Waals surface area contributed by atoms with Crippen molar-refractivity contribution >= 4 is 29.3 Å². The molecule has 0 amide bonds. The number of carbonyl (C=O) groups excluding carboxylic acids is 1. The number of anilines is 2. The zero-order chi connectivity index (χ0) is 26.2. The number of carbonyl (C=O) groups is 1. The SMILES string of the molecule is COC(=O)c1cccc(-c2cc(=O)cc(N3CCOCC3)o2)c1.O=c1cc(Cl)oc(N2CCOCC2)c1. The minimum absolute atomic E-state index is 0.124. The summed E-state index contributed by atoms with van der Waals surface area (Å²) < 4.78 is 26.3. The molecule has 5 rings (SSSR count). The molecule has 0 aliphatic carbocycles. The number of nitrogens with zero attached hydrogens (tertiary/aromatic N) is 2. The molecule has 0 saturated carbocycles. The molecular weight excluding hydrogens is 504 g/mol. The molecule has 37 heavy (non-hydrogen) atoms. The Bertz CT molecular complexity index is 1330. The molecule has 3 aromatic rings.